The molecular weight excluding hydrogens is 622 g/mol. The summed E-state index contributed by atoms with van der Waals surface area (Å²) in [4.78, 5) is 15.9. The van der Waals surface area contributed by atoms with Crippen LogP contribution >= 0.6 is 23.2 Å². The van der Waals surface area contributed by atoms with Crippen LogP contribution in [0.1, 0.15) is 43.7 Å². The Kier molecular flexibility index (Phi) is 10.8. The summed E-state index contributed by atoms with van der Waals surface area (Å²) in [5.74, 6) is -0.406. The molecule has 1 heterocycles. The van der Waals surface area contributed by atoms with Crippen molar-refractivity contribution in [1.29, 1.82) is 0 Å². The molecule has 3 aliphatic rings. The van der Waals surface area contributed by atoms with Gasteiger partial charge in [-0.3, -0.25) is 9.10 Å². The maximum atomic E-state index is 15.0. The van der Waals surface area contributed by atoms with Crippen molar-refractivity contribution in [2.45, 2.75) is 55.5 Å². The number of hydrogen-bond donors (Lipinski definition) is 2. The molecule has 7 nitrogen and oxygen atoms in total. The molecule has 1 saturated heterocycles. The van der Waals surface area contributed by atoms with E-state index in [0.29, 0.717) is 16.4 Å². The van der Waals surface area contributed by atoms with Gasteiger partial charge in [-0.2, -0.15) is 0 Å². The van der Waals surface area contributed by atoms with Gasteiger partial charge in [-0.1, -0.05) is 65.7 Å². The lowest BCUT2D eigenvalue weighted by atomic mass is 9.97. The van der Waals surface area contributed by atoms with Gasteiger partial charge in [0.1, 0.15) is 22.9 Å². The van der Waals surface area contributed by atoms with E-state index in [4.69, 9.17) is 39.4 Å². The molecule has 0 spiro atoms. The maximum Gasteiger partial charge on any atom is 0.253 e. The van der Waals surface area contributed by atoms with Crippen molar-refractivity contribution in [2.24, 2.45) is 17.4 Å². The molecule has 234 valence electrons. The smallest absolute Gasteiger partial charge is 0.253 e. The summed E-state index contributed by atoms with van der Waals surface area (Å²) in [5, 5.41) is 1.40. The number of anilines is 1. The highest BCUT2D eigenvalue weighted by Crippen LogP contribution is 2.43. The second-order valence-electron chi connectivity index (χ2n) is 11.3. The molecule has 0 aromatic heterocycles. The summed E-state index contributed by atoms with van der Waals surface area (Å²) in [6, 6.07) is 22.6. The van der Waals surface area contributed by atoms with Gasteiger partial charge in [0.15, 0.2) is 0 Å². The molecule has 44 heavy (non-hydrogen) atoms. The number of carbonyl (C=O) groups excluding carboxylic acids is 1. The molecule has 3 fully saturated rings. The van der Waals surface area contributed by atoms with Gasteiger partial charge in [-0.05, 0) is 73.6 Å². The summed E-state index contributed by atoms with van der Waals surface area (Å²) in [7, 11) is -1.40. The Morgan fingerprint density at radius 2 is 1.64 bits per heavy atom. The van der Waals surface area contributed by atoms with Gasteiger partial charge in [-0.15, -0.1) is 0 Å². The van der Waals surface area contributed by atoms with E-state index in [1.165, 1.54) is 12.3 Å². The standard InChI is InChI=1S/C27H32ClFN4O3S.C6H5Cl/c28-19-9-7-18(8-10-19)25-16-36-26(13-20(31)14-30)27(34)33(25)24(17-5-6-17)15-32(37(35)21-11-12-21)23-4-2-1-3-22(23)29;7-6-4-2-1-3-5-6/h1-4,7-10,14,17,21,24-26H,5-6,11-13,15-16,30-31H2;1-5H/b20-14-;. The number of hydrogen-bond acceptors (Lipinski definition) is 5. The second kappa shape index (κ2) is 14.8. The third-order valence-electron chi connectivity index (χ3n) is 7.97. The number of benzene rings is 3. The summed E-state index contributed by atoms with van der Waals surface area (Å²) < 4.78 is 36.2. The van der Waals surface area contributed by atoms with Crippen LogP contribution in [0.2, 0.25) is 10.0 Å². The lowest BCUT2D eigenvalue weighted by Gasteiger charge is -2.45. The molecule has 4 N–H and O–H groups in total. The van der Waals surface area contributed by atoms with Gasteiger partial charge in [0.2, 0.25) is 0 Å². The molecule has 3 aromatic rings. The summed E-state index contributed by atoms with van der Waals surface area (Å²) in [5.41, 5.74) is 13.1. The predicted octanol–water partition coefficient (Wildman–Crippen LogP) is 6.35. The Labute approximate surface area is 270 Å². The number of amides is 1. The molecule has 0 radical (unpaired) electrons. The van der Waals surface area contributed by atoms with Crippen LogP contribution in [0, 0.1) is 11.7 Å². The van der Waals surface area contributed by atoms with Gasteiger partial charge < -0.3 is 21.1 Å². The minimum atomic E-state index is -1.40. The van der Waals surface area contributed by atoms with E-state index < -0.39 is 22.9 Å². The van der Waals surface area contributed by atoms with Gasteiger partial charge in [0.05, 0.1) is 36.2 Å². The fraction of sp³-hybridized carbons (Fsp3) is 0.364. The lowest BCUT2D eigenvalue weighted by molar-refractivity contribution is -0.164. The zero-order valence-corrected chi connectivity index (χ0v) is 26.6. The van der Waals surface area contributed by atoms with Gasteiger partial charge in [0.25, 0.3) is 5.91 Å². The van der Waals surface area contributed by atoms with Crippen LogP contribution in [-0.4, -0.2) is 45.6 Å². The van der Waals surface area contributed by atoms with Gasteiger partial charge >= 0.3 is 0 Å². The van der Waals surface area contributed by atoms with Crippen molar-refractivity contribution in [3.8, 4) is 0 Å². The predicted molar refractivity (Wildman–Crippen MR) is 175 cm³/mol. The average Bonchev–Trinajstić information content (AvgIpc) is 3.95. The van der Waals surface area contributed by atoms with Crippen molar-refractivity contribution in [3.05, 3.63) is 112 Å². The molecule has 2 aliphatic carbocycles. The number of carbonyl (C=O) groups is 1. The van der Waals surface area contributed by atoms with E-state index in [9.17, 15) is 13.4 Å². The molecular formula is C33H37Cl2FN4O3S. The quantitative estimate of drug-likeness (QED) is 0.264. The fourth-order valence-electron chi connectivity index (χ4n) is 5.35. The molecule has 11 heteroatoms. The normalized spacial score (nSPS) is 21.7. The third-order valence-corrected chi connectivity index (χ3v) is 10.3. The van der Waals surface area contributed by atoms with Crippen molar-refractivity contribution in [2.75, 3.05) is 17.5 Å². The number of para-hydroxylation sites is 1. The first-order valence-electron chi connectivity index (χ1n) is 14.8. The van der Waals surface area contributed by atoms with Crippen LogP contribution in [0.15, 0.2) is 90.8 Å². The summed E-state index contributed by atoms with van der Waals surface area (Å²) >= 11 is 11.7. The largest absolute Gasteiger partial charge is 0.403 e. The molecule has 2 saturated carbocycles. The highest BCUT2D eigenvalue weighted by Gasteiger charge is 2.48. The summed E-state index contributed by atoms with van der Waals surface area (Å²) in [6.07, 6.45) is 4.27. The Bertz CT molecular complexity index is 1470. The fourth-order valence-corrected chi connectivity index (χ4v) is 7.16. The van der Waals surface area contributed by atoms with Crippen molar-refractivity contribution in [1.82, 2.24) is 4.90 Å². The van der Waals surface area contributed by atoms with Crippen molar-refractivity contribution < 1.29 is 18.1 Å². The van der Waals surface area contributed by atoms with Gasteiger partial charge in [0, 0.05) is 28.4 Å². The number of halogens is 3. The van der Waals surface area contributed by atoms with Crippen LogP contribution in [0.4, 0.5) is 10.1 Å². The van der Waals surface area contributed by atoms with E-state index in [1.807, 2.05) is 47.4 Å². The number of rotatable bonds is 10. The highest BCUT2D eigenvalue weighted by atomic mass is 35.5. The first-order valence-corrected chi connectivity index (χ1v) is 16.7. The average molecular weight is 660 g/mol. The molecule has 4 unspecified atom stereocenters. The number of nitrogens with zero attached hydrogens (tertiary/aromatic N) is 2. The van der Waals surface area contributed by atoms with E-state index in [0.717, 1.165) is 36.3 Å². The van der Waals surface area contributed by atoms with Crippen LogP contribution in [0.25, 0.3) is 0 Å². The van der Waals surface area contributed by atoms with E-state index in [1.54, 1.807) is 34.6 Å². The Balaban J connectivity index is 0.000000484. The molecule has 6 rings (SSSR count). The van der Waals surface area contributed by atoms with E-state index >= 15 is 0 Å². The maximum absolute atomic E-state index is 15.0. The van der Waals surface area contributed by atoms with E-state index in [-0.39, 0.29) is 48.7 Å². The zero-order chi connectivity index (χ0) is 31.2. The number of morpholine rings is 1. The molecule has 4 atom stereocenters. The van der Waals surface area contributed by atoms with Crippen LogP contribution in [-0.2, 0) is 20.5 Å². The molecule has 1 aliphatic heterocycles. The second-order valence-corrected chi connectivity index (χ2v) is 13.8. The Morgan fingerprint density at radius 1 is 1.00 bits per heavy atom. The summed E-state index contributed by atoms with van der Waals surface area (Å²) in [6.45, 7) is 0.532. The van der Waals surface area contributed by atoms with E-state index in [2.05, 4.69) is 0 Å². The first kappa shape index (κ1) is 32.3. The lowest BCUT2D eigenvalue weighted by Crippen LogP contribution is -2.57. The molecule has 0 bridgehead atoms. The topological polar surface area (TPSA) is 102 Å². The van der Waals surface area contributed by atoms with Crippen LogP contribution in [0.5, 0.6) is 0 Å². The number of nitrogens with two attached hydrogens (primary N) is 2. The SMILES string of the molecule is Clc1ccccc1.N/C=C(\N)CC1OCC(c2ccc(Cl)cc2)N(C(CN(c2ccccc2F)S(=O)C2CC2)C2CC2)C1=O. The van der Waals surface area contributed by atoms with Crippen LogP contribution < -0.4 is 15.8 Å². The van der Waals surface area contributed by atoms with Gasteiger partial charge in [-0.25, -0.2) is 8.60 Å². The Morgan fingerprint density at radius 3 is 2.20 bits per heavy atom. The van der Waals surface area contributed by atoms with Crippen LogP contribution in [0.3, 0.4) is 0 Å². The zero-order valence-electron chi connectivity index (χ0n) is 24.2. The minimum Gasteiger partial charge on any atom is -0.403 e. The van der Waals surface area contributed by atoms with Crippen molar-refractivity contribution >= 4 is 45.8 Å². The monoisotopic (exact) mass is 658 g/mol. The minimum absolute atomic E-state index is 0.00847. The molecule has 3 aromatic carbocycles. The third kappa shape index (κ3) is 8.13. The number of ether oxygens (including phenoxy) is 1. The first-order chi connectivity index (χ1) is 21.3. The van der Waals surface area contributed by atoms with Crippen molar-refractivity contribution in [3.63, 3.8) is 0 Å². The highest BCUT2D eigenvalue weighted by molar-refractivity contribution is 7.87. The molecule has 1 amide bonds. The Hall–Kier alpha value is -3.11.